The molecule has 11 heteroatoms. The van der Waals surface area contributed by atoms with Gasteiger partial charge in [0.25, 0.3) is 0 Å². The molecular formula is C48H93NO10. The van der Waals surface area contributed by atoms with Gasteiger partial charge in [-0.2, -0.15) is 0 Å². The zero-order valence-corrected chi connectivity index (χ0v) is 37.7. The van der Waals surface area contributed by atoms with E-state index in [9.17, 15) is 40.5 Å². The van der Waals surface area contributed by atoms with E-state index in [0.717, 1.165) is 38.5 Å². The molecule has 0 aromatic carbocycles. The summed E-state index contributed by atoms with van der Waals surface area (Å²) in [5, 5.41) is 75.7. The van der Waals surface area contributed by atoms with Crippen molar-refractivity contribution in [1.82, 2.24) is 5.32 Å². The first-order valence-electron chi connectivity index (χ1n) is 24.6. The third-order valence-corrected chi connectivity index (χ3v) is 12.1. The molecule has 0 spiro atoms. The van der Waals surface area contributed by atoms with Gasteiger partial charge in [0.1, 0.15) is 36.6 Å². The van der Waals surface area contributed by atoms with E-state index in [1.165, 1.54) is 141 Å². The molecule has 0 aromatic heterocycles. The normalized spacial score (nSPS) is 21.8. The van der Waals surface area contributed by atoms with E-state index in [1.54, 1.807) is 0 Å². The third-order valence-electron chi connectivity index (χ3n) is 12.1. The molecule has 8 N–H and O–H groups in total. The molecule has 1 aliphatic rings. The molecular weight excluding hydrogens is 751 g/mol. The van der Waals surface area contributed by atoms with Crippen LogP contribution in [0.4, 0.5) is 0 Å². The lowest BCUT2D eigenvalue weighted by Crippen LogP contribution is -2.60. The Bertz CT molecular complexity index is 970. The molecule has 1 amide bonds. The van der Waals surface area contributed by atoms with Gasteiger partial charge in [-0.3, -0.25) is 4.79 Å². The number of aliphatic hydroxyl groups excluding tert-OH is 7. The molecule has 0 saturated carbocycles. The number of nitrogens with one attached hydrogen (secondary N) is 1. The molecule has 1 heterocycles. The van der Waals surface area contributed by atoms with E-state index in [0.29, 0.717) is 19.3 Å². The largest absolute Gasteiger partial charge is 0.394 e. The summed E-state index contributed by atoms with van der Waals surface area (Å²) in [6, 6.07) is -1.16. The van der Waals surface area contributed by atoms with Gasteiger partial charge < -0.3 is 50.5 Å². The van der Waals surface area contributed by atoms with E-state index >= 15 is 0 Å². The van der Waals surface area contributed by atoms with Crippen LogP contribution in [0.5, 0.6) is 0 Å². The average molecular weight is 844 g/mol. The minimum Gasteiger partial charge on any atom is -0.394 e. The van der Waals surface area contributed by atoms with E-state index < -0.39 is 74.2 Å². The molecule has 1 aliphatic heterocycles. The first-order valence-corrected chi connectivity index (χ1v) is 24.6. The highest BCUT2D eigenvalue weighted by atomic mass is 16.7. The lowest BCUT2D eigenvalue weighted by Gasteiger charge is -2.40. The van der Waals surface area contributed by atoms with Gasteiger partial charge in [0.2, 0.25) is 5.91 Å². The SMILES string of the molecule is CCCCCC/C=C\CCCCCCCCCCCCCC[C@@H](O)C(=O)NC(CO[C@@H]1O[C@H](CO)[C@@H](O)[C@H](O)[C@H]1O)[C@H](O)[C@H](O)CCCCCCCCCCCCCC. The Hall–Kier alpha value is -1.15. The number of hydrogen-bond donors (Lipinski definition) is 8. The Balaban J connectivity index is 2.38. The molecule has 1 unspecified atom stereocenters. The average Bonchev–Trinajstić information content (AvgIpc) is 3.23. The van der Waals surface area contributed by atoms with Crippen LogP contribution in [-0.4, -0.2) is 110 Å². The fraction of sp³-hybridized carbons (Fsp3) is 0.938. The third kappa shape index (κ3) is 28.2. The summed E-state index contributed by atoms with van der Waals surface area (Å²) in [5.41, 5.74) is 0. The van der Waals surface area contributed by atoms with E-state index in [1.807, 2.05) is 0 Å². The van der Waals surface area contributed by atoms with Crippen molar-refractivity contribution in [3.05, 3.63) is 12.2 Å². The van der Waals surface area contributed by atoms with Gasteiger partial charge in [0, 0.05) is 0 Å². The summed E-state index contributed by atoms with van der Waals surface area (Å²) < 4.78 is 11.1. The zero-order valence-electron chi connectivity index (χ0n) is 37.7. The van der Waals surface area contributed by atoms with Gasteiger partial charge in [-0.05, 0) is 38.5 Å². The number of carbonyl (C=O) groups excluding carboxylic acids is 1. The Kier molecular flexibility index (Phi) is 36.5. The molecule has 1 saturated heterocycles. The summed E-state index contributed by atoms with van der Waals surface area (Å²) in [6.45, 7) is 3.43. The van der Waals surface area contributed by atoms with Crippen LogP contribution in [-0.2, 0) is 14.3 Å². The fourth-order valence-electron chi connectivity index (χ4n) is 7.96. The monoisotopic (exact) mass is 844 g/mol. The quantitative estimate of drug-likeness (QED) is 0.0219. The van der Waals surface area contributed by atoms with Crippen molar-refractivity contribution >= 4 is 5.91 Å². The number of aliphatic hydroxyl groups is 7. The number of rotatable bonds is 41. The van der Waals surface area contributed by atoms with Crippen LogP contribution >= 0.6 is 0 Å². The lowest BCUT2D eigenvalue weighted by atomic mass is 9.98. The van der Waals surface area contributed by atoms with Crippen molar-refractivity contribution in [3.63, 3.8) is 0 Å². The van der Waals surface area contributed by atoms with Crippen molar-refractivity contribution in [2.24, 2.45) is 0 Å². The van der Waals surface area contributed by atoms with Crippen LogP contribution < -0.4 is 5.32 Å². The number of amides is 1. The van der Waals surface area contributed by atoms with Crippen molar-refractivity contribution in [1.29, 1.82) is 0 Å². The van der Waals surface area contributed by atoms with Gasteiger partial charge in [-0.1, -0.05) is 193 Å². The Morgan fingerprint density at radius 2 is 0.983 bits per heavy atom. The molecule has 0 aliphatic carbocycles. The van der Waals surface area contributed by atoms with Crippen LogP contribution in [0.1, 0.15) is 219 Å². The van der Waals surface area contributed by atoms with Crippen LogP contribution in [0.3, 0.4) is 0 Å². The molecule has 1 fully saturated rings. The van der Waals surface area contributed by atoms with Crippen molar-refractivity contribution in [2.75, 3.05) is 13.2 Å². The zero-order chi connectivity index (χ0) is 43.4. The molecule has 59 heavy (non-hydrogen) atoms. The molecule has 1 rings (SSSR count). The minimum atomic E-state index is -1.66. The molecule has 350 valence electrons. The Morgan fingerprint density at radius 1 is 0.576 bits per heavy atom. The highest BCUT2D eigenvalue weighted by Gasteiger charge is 2.44. The molecule has 0 aromatic rings. The second kappa shape index (κ2) is 38.5. The summed E-state index contributed by atoms with van der Waals surface area (Å²) >= 11 is 0. The highest BCUT2D eigenvalue weighted by Crippen LogP contribution is 2.23. The standard InChI is InChI=1S/C48H93NO10/c1-3-5-7-9-11-13-15-17-18-19-20-21-22-23-24-26-28-30-32-34-36-41(52)47(57)49-39(38-58-48-46(56)45(55)44(54)42(37-50)59-48)43(53)40(51)35-33-31-29-27-25-16-14-12-10-8-6-4-2/h13,15,39-46,48,50-56H,3-12,14,16-38H2,1-2H3,(H,49,57)/b15-13-/t39?,40-,41-,42-,43+,44-,45+,46-,48-/m1/s1. The smallest absolute Gasteiger partial charge is 0.249 e. The van der Waals surface area contributed by atoms with E-state index in [2.05, 4.69) is 31.3 Å². The number of carbonyl (C=O) groups is 1. The van der Waals surface area contributed by atoms with Crippen LogP contribution in [0.15, 0.2) is 12.2 Å². The maximum absolute atomic E-state index is 13.1. The van der Waals surface area contributed by atoms with Crippen molar-refractivity contribution in [3.8, 4) is 0 Å². The fourth-order valence-corrected chi connectivity index (χ4v) is 7.96. The summed E-state index contributed by atoms with van der Waals surface area (Å²) in [6.07, 6.45) is 29.7. The lowest BCUT2D eigenvalue weighted by molar-refractivity contribution is -0.303. The first kappa shape index (κ1) is 55.9. The summed E-state index contributed by atoms with van der Waals surface area (Å²) in [7, 11) is 0. The van der Waals surface area contributed by atoms with Crippen molar-refractivity contribution < 1.29 is 50.0 Å². The summed E-state index contributed by atoms with van der Waals surface area (Å²) in [5.74, 6) is -0.696. The molecule has 9 atom stereocenters. The Morgan fingerprint density at radius 3 is 1.44 bits per heavy atom. The van der Waals surface area contributed by atoms with Gasteiger partial charge in [0.05, 0.1) is 25.4 Å². The van der Waals surface area contributed by atoms with Crippen LogP contribution in [0, 0.1) is 0 Å². The predicted octanol–water partition coefficient (Wildman–Crippen LogP) is 8.45. The predicted molar refractivity (Wildman–Crippen MR) is 238 cm³/mol. The van der Waals surface area contributed by atoms with Crippen LogP contribution in [0.25, 0.3) is 0 Å². The van der Waals surface area contributed by atoms with E-state index in [-0.39, 0.29) is 6.42 Å². The van der Waals surface area contributed by atoms with Gasteiger partial charge in [0.15, 0.2) is 6.29 Å². The second-order valence-corrected chi connectivity index (χ2v) is 17.5. The second-order valence-electron chi connectivity index (χ2n) is 17.5. The highest BCUT2D eigenvalue weighted by molar-refractivity contribution is 5.80. The summed E-state index contributed by atoms with van der Waals surface area (Å²) in [4.78, 5) is 13.1. The van der Waals surface area contributed by atoms with Gasteiger partial charge in [-0.25, -0.2) is 0 Å². The number of hydrogen-bond acceptors (Lipinski definition) is 10. The molecule has 11 nitrogen and oxygen atoms in total. The number of ether oxygens (including phenoxy) is 2. The number of unbranched alkanes of at least 4 members (excludes halogenated alkanes) is 27. The van der Waals surface area contributed by atoms with Crippen molar-refractivity contribution in [2.45, 2.75) is 274 Å². The maximum atomic E-state index is 13.1. The minimum absolute atomic E-state index is 0.262. The van der Waals surface area contributed by atoms with Gasteiger partial charge >= 0.3 is 0 Å². The van der Waals surface area contributed by atoms with E-state index in [4.69, 9.17) is 9.47 Å². The Labute approximate surface area is 360 Å². The van der Waals surface area contributed by atoms with Gasteiger partial charge in [-0.15, -0.1) is 0 Å². The maximum Gasteiger partial charge on any atom is 0.249 e. The molecule has 0 radical (unpaired) electrons. The number of allylic oxidation sites excluding steroid dienone is 2. The molecule has 0 bridgehead atoms. The topological polar surface area (TPSA) is 189 Å². The van der Waals surface area contributed by atoms with Crippen LogP contribution in [0.2, 0.25) is 0 Å². The first-order chi connectivity index (χ1) is 28.7.